The van der Waals surface area contributed by atoms with Gasteiger partial charge in [-0.15, -0.1) is 0 Å². The number of hydrogen-bond donors (Lipinski definition) is 0. The maximum absolute atomic E-state index is 11.0. The first-order valence-electron chi connectivity index (χ1n) is 10.8. The van der Waals surface area contributed by atoms with E-state index in [4.69, 9.17) is 4.74 Å². The summed E-state index contributed by atoms with van der Waals surface area (Å²) >= 11 is 0. The van der Waals surface area contributed by atoms with Gasteiger partial charge < -0.3 is 9.29 Å². The maximum Gasteiger partial charge on any atom is 1.00 e. The third kappa shape index (κ3) is 11.0. The normalized spacial score (nSPS) is 11.1. The van der Waals surface area contributed by atoms with Gasteiger partial charge in [0.25, 0.3) is 0 Å². The summed E-state index contributed by atoms with van der Waals surface area (Å²) in [4.78, 5) is -0.250. The zero-order valence-electron chi connectivity index (χ0n) is 18.4. The van der Waals surface area contributed by atoms with E-state index in [1.807, 2.05) is 18.2 Å². The second-order valence-corrected chi connectivity index (χ2v) is 8.99. The molecule has 0 amide bonds. The number of benzene rings is 2. The first-order chi connectivity index (χ1) is 14.0. The average molecular weight is 441 g/mol. The van der Waals surface area contributed by atoms with Gasteiger partial charge in [0.05, 0.1) is 4.90 Å². The number of hydrogen-bond acceptors (Lipinski definition) is 4. The molecule has 0 unspecified atom stereocenters. The Hall–Kier alpha value is -0.850. The standard InChI is InChI=1S/C24H34O4S.Na/c1-2-3-4-5-6-7-8-9-10-11-13-21-14-12-15-23(20-21)28-22-16-18-24(19-17-22)29(25,26)27;/h12,14-20H,2-11,13H2,1H3,(H,25,26,27);/q;+1/p-1. The van der Waals surface area contributed by atoms with Crippen LogP contribution in [0.25, 0.3) is 0 Å². The smallest absolute Gasteiger partial charge is 0.744 e. The summed E-state index contributed by atoms with van der Waals surface area (Å²) in [6.45, 7) is 2.25. The molecule has 0 fully saturated rings. The minimum Gasteiger partial charge on any atom is -0.744 e. The second kappa shape index (κ2) is 15.0. The van der Waals surface area contributed by atoms with Crippen LogP contribution in [0.15, 0.2) is 53.4 Å². The van der Waals surface area contributed by atoms with Crippen LogP contribution >= 0.6 is 0 Å². The Morgan fingerprint density at radius 1 is 0.767 bits per heavy atom. The molecule has 0 N–H and O–H groups in total. The molecule has 0 spiro atoms. The first-order valence-corrected chi connectivity index (χ1v) is 12.2. The average Bonchev–Trinajstić information content (AvgIpc) is 2.69. The van der Waals surface area contributed by atoms with Gasteiger partial charge in [-0.1, -0.05) is 76.8 Å². The fourth-order valence-corrected chi connectivity index (χ4v) is 3.86. The zero-order valence-corrected chi connectivity index (χ0v) is 21.3. The van der Waals surface area contributed by atoms with Crippen molar-refractivity contribution < 1.29 is 47.3 Å². The number of ether oxygens (including phenoxy) is 1. The SMILES string of the molecule is CCCCCCCCCCCCc1cccc(Oc2ccc(S(=O)(=O)[O-])cc2)c1.[Na+]. The molecule has 0 radical (unpaired) electrons. The van der Waals surface area contributed by atoms with E-state index in [2.05, 4.69) is 13.0 Å². The largest absolute Gasteiger partial charge is 1.00 e. The monoisotopic (exact) mass is 440 g/mol. The Kier molecular flexibility index (Phi) is 13.6. The predicted molar refractivity (Wildman–Crippen MR) is 116 cm³/mol. The van der Waals surface area contributed by atoms with Crippen molar-refractivity contribution in [2.75, 3.05) is 0 Å². The van der Waals surface area contributed by atoms with E-state index in [-0.39, 0.29) is 34.5 Å². The molecule has 0 heterocycles. The molecule has 2 rings (SSSR count). The van der Waals surface area contributed by atoms with E-state index in [1.165, 1.54) is 94.0 Å². The van der Waals surface area contributed by atoms with E-state index in [0.29, 0.717) is 11.5 Å². The van der Waals surface area contributed by atoms with Crippen molar-refractivity contribution in [1.82, 2.24) is 0 Å². The molecular formula is C24H33NaO4S. The van der Waals surface area contributed by atoms with E-state index >= 15 is 0 Å². The zero-order chi connectivity index (χ0) is 21.0. The van der Waals surface area contributed by atoms with E-state index < -0.39 is 10.1 Å². The molecule has 0 saturated heterocycles. The van der Waals surface area contributed by atoms with Crippen LogP contribution in [-0.2, 0) is 16.5 Å². The van der Waals surface area contributed by atoms with Crippen molar-refractivity contribution in [3.05, 3.63) is 54.1 Å². The van der Waals surface area contributed by atoms with Crippen LogP contribution in [0, 0.1) is 0 Å². The summed E-state index contributed by atoms with van der Waals surface area (Å²) in [6, 6.07) is 13.5. The van der Waals surface area contributed by atoms with Crippen molar-refractivity contribution in [3.63, 3.8) is 0 Å². The van der Waals surface area contributed by atoms with E-state index in [9.17, 15) is 13.0 Å². The van der Waals surface area contributed by atoms with Crippen LogP contribution in [0.5, 0.6) is 11.5 Å². The van der Waals surface area contributed by atoms with Gasteiger partial charge in [0.2, 0.25) is 0 Å². The summed E-state index contributed by atoms with van der Waals surface area (Å²) in [7, 11) is -4.43. The third-order valence-electron chi connectivity index (χ3n) is 5.07. The number of unbranched alkanes of at least 4 members (excludes halogenated alkanes) is 9. The second-order valence-electron chi connectivity index (χ2n) is 7.61. The Labute approximate surface area is 204 Å². The number of rotatable bonds is 14. The molecule has 0 aliphatic carbocycles. The summed E-state index contributed by atoms with van der Waals surface area (Å²) in [6.07, 6.45) is 14.3. The van der Waals surface area contributed by atoms with Gasteiger partial charge >= 0.3 is 29.6 Å². The molecule has 4 nitrogen and oxygen atoms in total. The van der Waals surface area contributed by atoms with Crippen LogP contribution < -0.4 is 34.3 Å². The van der Waals surface area contributed by atoms with Gasteiger partial charge in [-0.3, -0.25) is 0 Å². The Morgan fingerprint density at radius 3 is 1.90 bits per heavy atom. The van der Waals surface area contributed by atoms with Crippen LogP contribution in [0.2, 0.25) is 0 Å². The molecule has 0 bridgehead atoms. The van der Waals surface area contributed by atoms with Crippen molar-refractivity contribution in [2.24, 2.45) is 0 Å². The predicted octanol–water partition coefficient (Wildman–Crippen LogP) is 3.85. The molecule has 160 valence electrons. The molecule has 30 heavy (non-hydrogen) atoms. The van der Waals surface area contributed by atoms with E-state index in [1.54, 1.807) is 0 Å². The van der Waals surface area contributed by atoms with Crippen molar-refractivity contribution in [2.45, 2.75) is 82.4 Å². The van der Waals surface area contributed by atoms with Crippen molar-refractivity contribution in [3.8, 4) is 11.5 Å². The fourth-order valence-electron chi connectivity index (χ4n) is 3.39. The Morgan fingerprint density at radius 2 is 1.33 bits per heavy atom. The molecule has 0 aliphatic rings. The summed E-state index contributed by atoms with van der Waals surface area (Å²) in [5.74, 6) is 1.22. The van der Waals surface area contributed by atoms with Gasteiger partial charge in [0, 0.05) is 0 Å². The topological polar surface area (TPSA) is 66.4 Å². The summed E-state index contributed by atoms with van der Waals surface area (Å²) in [5.41, 5.74) is 1.24. The maximum atomic E-state index is 11.0. The molecule has 6 heteroatoms. The van der Waals surface area contributed by atoms with Crippen LogP contribution in [0.4, 0.5) is 0 Å². The molecule has 0 aromatic heterocycles. The molecule has 0 saturated carbocycles. The quantitative estimate of drug-likeness (QED) is 0.254. The molecule has 0 atom stereocenters. The molecule has 2 aromatic rings. The Bertz CT molecular complexity index is 819. The third-order valence-corrected chi connectivity index (χ3v) is 5.92. The fraction of sp³-hybridized carbons (Fsp3) is 0.500. The van der Waals surface area contributed by atoms with E-state index in [0.717, 1.165) is 6.42 Å². The Balaban J connectivity index is 0.00000450. The van der Waals surface area contributed by atoms with Gasteiger partial charge in [-0.25, -0.2) is 8.42 Å². The molecule has 0 aliphatic heterocycles. The first kappa shape index (κ1) is 27.2. The summed E-state index contributed by atoms with van der Waals surface area (Å²) in [5, 5.41) is 0. The number of aryl methyl sites for hydroxylation is 1. The van der Waals surface area contributed by atoms with Gasteiger partial charge in [0.15, 0.2) is 0 Å². The summed E-state index contributed by atoms with van der Waals surface area (Å²) < 4.78 is 38.8. The molecular weight excluding hydrogens is 407 g/mol. The van der Waals surface area contributed by atoms with Crippen LogP contribution in [0.3, 0.4) is 0 Å². The van der Waals surface area contributed by atoms with Gasteiger partial charge in [0.1, 0.15) is 21.6 Å². The van der Waals surface area contributed by atoms with Gasteiger partial charge in [-0.2, -0.15) is 0 Å². The van der Waals surface area contributed by atoms with Crippen molar-refractivity contribution >= 4 is 10.1 Å². The van der Waals surface area contributed by atoms with Crippen LogP contribution in [0.1, 0.15) is 76.7 Å². The minimum absolute atomic E-state index is 0. The van der Waals surface area contributed by atoms with Crippen LogP contribution in [-0.4, -0.2) is 13.0 Å². The molecule has 2 aromatic carbocycles. The van der Waals surface area contributed by atoms with Crippen molar-refractivity contribution in [1.29, 1.82) is 0 Å². The minimum atomic E-state index is -4.43. The van der Waals surface area contributed by atoms with Gasteiger partial charge in [-0.05, 0) is 54.8 Å².